The van der Waals surface area contributed by atoms with Crippen molar-refractivity contribution in [2.75, 3.05) is 6.54 Å². The number of amides is 1. The molecule has 39 heavy (non-hydrogen) atoms. The molecule has 1 N–H and O–H groups in total. The summed E-state index contributed by atoms with van der Waals surface area (Å²) in [7, 11) is -3.98. The molecule has 0 saturated heterocycles. The number of hydrogen-bond acceptors (Lipinski definition) is 4. The van der Waals surface area contributed by atoms with E-state index in [1.54, 1.807) is 6.21 Å². The Morgan fingerprint density at radius 2 is 1.67 bits per heavy atom. The average molecular weight is 563 g/mol. The normalized spacial score (nSPS) is 11.8. The van der Waals surface area contributed by atoms with E-state index < -0.39 is 22.5 Å². The van der Waals surface area contributed by atoms with Crippen LogP contribution in [0.15, 0.2) is 88.9 Å². The maximum atomic E-state index is 13.4. The van der Waals surface area contributed by atoms with Gasteiger partial charge in [-0.2, -0.15) is 9.41 Å². The number of nitrogens with zero attached hydrogens (tertiary/aromatic N) is 3. The number of rotatable bonds is 9. The van der Waals surface area contributed by atoms with E-state index in [0.29, 0.717) is 5.02 Å². The molecule has 0 aliphatic rings. The number of aryl methyl sites for hydroxylation is 3. The van der Waals surface area contributed by atoms with Gasteiger partial charge in [0.15, 0.2) is 0 Å². The maximum Gasteiger partial charge on any atom is 0.255 e. The van der Waals surface area contributed by atoms with E-state index in [-0.39, 0.29) is 11.4 Å². The van der Waals surface area contributed by atoms with Gasteiger partial charge < -0.3 is 4.57 Å². The van der Waals surface area contributed by atoms with E-state index in [4.69, 9.17) is 11.6 Å². The van der Waals surface area contributed by atoms with E-state index in [2.05, 4.69) is 47.1 Å². The van der Waals surface area contributed by atoms with E-state index in [0.717, 1.165) is 38.1 Å². The lowest BCUT2D eigenvalue weighted by Gasteiger charge is -2.21. The second-order valence-electron chi connectivity index (χ2n) is 9.46. The Balaban J connectivity index is 1.52. The lowest BCUT2D eigenvalue weighted by molar-refractivity contribution is -0.121. The fourth-order valence-corrected chi connectivity index (χ4v) is 5.99. The number of sulfonamides is 1. The van der Waals surface area contributed by atoms with Gasteiger partial charge in [-0.1, -0.05) is 59.6 Å². The molecule has 0 radical (unpaired) electrons. The van der Waals surface area contributed by atoms with Gasteiger partial charge in [0.1, 0.15) is 0 Å². The molecule has 0 spiro atoms. The molecule has 4 aromatic rings. The van der Waals surface area contributed by atoms with Crippen molar-refractivity contribution in [2.45, 2.75) is 39.1 Å². The molecule has 0 bridgehead atoms. The van der Waals surface area contributed by atoms with Crippen LogP contribution in [0.4, 0.5) is 0 Å². The largest absolute Gasteiger partial charge is 0.318 e. The summed E-state index contributed by atoms with van der Waals surface area (Å²) in [6.07, 6.45) is 1.58. The van der Waals surface area contributed by atoms with Crippen LogP contribution in [0.25, 0.3) is 5.69 Å². The summed E-state index contributed by atoms with van der Waals surface area (Å²) in [5, 5.41) is 4.56. The molecular formula is C30H31ClN4O3S. The van der Waals surface area contributed by atoms with Gasteiger partial charge >= 0.3 is 0 Å². The predicted molar refractivity (Wildman–Crippen MR) is 156 cm³/mol. The first-order valence-electron chi connectivity index (χ1n) is 12.4. The van der Waals surface area contributed by atoms with Crippen LogP contribution in [0.3, 0.4) is 0 Å². The molecule has 3 aromatic carbocycles. The van der Waals surface area contributed by atoms with Crippen molar-refractivity contribution in [1.29, 1.82) is 0 Å². The Hall–Kier alpha value is -3.72. The van der Waals surface area contributed by atoms with E-state index in [1.165, 1.54) is 29.8 Å². The second kappa shape index (κ2) is 12.0. The van der Waals surface area contributed by atoms with Crippen LogP contribution in [-0.4, -0.2) is 36.0 Å². The van der Waals surface area contributed by atoms with E-state index >= 15 is 0 Å². The highest BCUT2D eigenvalue weighted by molar-refractivity contribution is 7.89. The average Bonchev–Trinajstić information content (AvgIpc) is 3.17. The molecule has 1 amide bonds. The van der Waals surface area contributed by atoms with Gasteiger partial charge in [-0.05, 0) is 75.2 Å². The number of hydrazone groups is 1. The summed E-state index contributed by atoms with van der Waals surface area (Å²) in [5.41, 5.74) is 9.55. The van der Waals surface area contributed by atoms with Crippen LogP contribution >= 0.6 is 11.6 Å². The minimum absolute atomic E-state index is 0.0278. The molecule has 0 fully saturated rings. The highest BCUT2D eigenvalue weighted by atomic mass is 35.5. The van der Waals surface area contributed by atoms with Crippen LogP contribution in [0, 0.1) is 27.7 Å². The number of halogens is 1. The fourth-order valence-electron chi connectivity index (χ4n) is 4.48. The molecule has 7 nitrogen and oxygen atoms in total. The zero-order valence-electron chi connectivity index (χ0n) is 22.3. The molecule has 0 saturated carbocycles. The Morgan fingerprint density at radius 3 is 2.33 bits per heavy atom. The monoisotopic (exact) mass is 562 g/mol. The summed E-state index contributed by atoms with van der Waals surface area (Å²) >= 11 is 5.94. The number of carbonyl (C=O) groups excluding carboxylic acids is 1. The third kappa shape index (κ3) is 6.65. The van der Waals surface area contributed by atoms with Crippen molar-refractivity contribution in [3.63, 3.8) is 0 Å². The van der Waals surface area contributed by atoms with Gasteiger partial charge in [0.05, 0.1) is 17.7 Å². The van der Waals surface area contributed by atoms with E-state index in [1.807, 2.05) is 50.2 Å². The number of aromatic nitrogens is 1. The van der Waals surface area contributed by atoms with Crippen molar-refractivity contribution >= 4 is 33.7 Å². The lowest BCUT2D eigenvalue weighted by atomic mass is 10.1. The van der Waals surface area contributed by atoms with Gasteiger partial charge in [0.2, 0.25) is 10.0 Å². The zero-order chi connectivity index (χ0) is 28.2. The number of nitrogens with one attached hydrogen (secondary N) is 1. The summed E-state index contributed by atoms with van der Waals surface area (Å²) < 4.78 is 30.1. The van der Waals surface area contributed by atoms with Crippen LogP contribution in [-0.2, 0) is 21.4 Å². The van der Waals surface area contributed by atoms with Gasteiger partial charge in [-0.3, -0.25) is 4.79 Å². The van der Waals surface area contributed by atoms with Crippen molar-refractivity contribution in [2.24, 2.45) is 5.10 Å². The smallest absolute Gasteiger partial charge is 0.255 e. The molecule has 0 unspecified atom stereocenters. The minimum Gasteiger partial charge on any atom is -0.318 e. The first-order valence-corrected chi connectivity index (χ1v) is 14.3. The summed E-state index contributed by atoms with van der Waals surface area (Å²) in [6.45, 7) is 7.78. The van der Waals surface area contributed by atoms with Crippen LogP contribution < -0.4 is 5.43 Å². The predicted octanol–water partition coefficient (Wildman–Crippen LogP) is 5.71. The Labute approximate surface area is 234 Å². The lowest BCUT2D eigenvalue weighted by Crippen LogP contribution is -2.39. The first-order chi connectivity index (χ1) is 18.6. The third-order valence-electron chi connectivity index (χ3n) is 6.43. The van der Waals surface area contributed by atoms with Gasteiger partial charge in [-0.15, -0.1) is 0 Å². The minimum atomic E-state index is -3.98. The maximum absolute atomic E-state index is 13.4. The van der Waals surface area contributed by atoms with Crippen molar-refractivity contribution in [3.8, 4) is 5.69 Å². The van der Waals surface area contributed by atoms with Crippen molar-refractivity contribution < 1.29 is 13.2 Å². The summed E-state index contributed by atoms with van der Waals surface area (Å²) in [5.74, 6) is -0.553. The highest BCUT2D eigenvalue weighted by Gasteiger charge is 2.27. The molecule has 1 aromatic heterocycles. The van der Waals surface area contributed by atoms with Crippen molar-refractivity contribution in [3.05, 3.63) is 118 Å². The standard InChI is InChI=1S/C30H31ClN4O3S/c1-21-10-15-29(22(2)16-21)35-23(3)17-26(24(35)4)18-32-33-30(36)20-34(19-25-8-6-5-7-9-25)39(37,38)28-13-11-27(31)12-14-28/h5-18H,19-20H2,1-4H3,(H,33,36)/b32-18+. The molecule has 1 heterocycles. The van der Waals surface area contributed by atoms with Crippen molar-refractivity contribution in [1.82, 2.24) is 14.3 Å². The van der Waals surface area contributed by atoms with Crippen LogP contribution in [0.5, 0.6) is 0 Å². The first kappa shape index (κ1) is 28.3. The summed E-state index contributed by atoms with van der Waals surface area (Å²) in [6, 6.07) is 23.3. The molecule has 0 aliphatic carbocycles. The molecule has 0 aliphatic heterocycles. The summed E-state index contributed by atoms with van der Waals surface area (Å²) in [4.78, 5) is 12.9. The quantitative estimate of drug-likeness (QED) is 0.210. The Kier molecular flexibility index (Phi) is 8.70. The second-order valence-corrected chi connectivity index (χ2v) is 11.8. The zero-order valence-corrected chi connectivity index (χ0v) is 23.9. The SMILES string of the molecule is Cc1ccc(-n2c(C)cc(/C=N/NC(=O)CN(Cc3ccccc3)S(=O)(=O)c3ccc(Cl)cc3)c2C)c(C)c1. The molecule has 202 valence electrons. The van der Waals surface area contributed by atoms with Crippen LogP contribution in [0.2, 0.25) is 5.02 Å². The molecule has 9 heteroatoms. The number of carbonyl (C=O) groups is 1. The van der Waals surface area contributed by atoms with Crippen LogP contribution in [0.1, 0.15) is 33.6 Å². The van der Waals surface area contributed by atoms with E-state index in [9.17, 15) is 13.2 Å². The Bertz CT molecular complexity index is 1610. The fraction of sp³-hybridized carbons (Fsp3) is 0.200. The Morgan fingerprint density at radius 1 is 0.974 bits per heavy atom. The highest BCUT2D eigenvalue weighted by Crippen LogP contribution is 2.24. The van der Waals surface area contributed by atoms with Gasteiger partial charge in [0.25, 0.3) is 5.91 Å². The molecular weight excluding hydrogens is 532 g/mol. The molecule has 0 atom stereocenters. The van der Waals surface area contributed by atoms with Gasteiger partial charge in [0, 0.05) is 34.2 Å². The van der Waals surface area contributed by atoms with Gasteiger partial charge in [-0.25, -0.2) is 13.8 Å². The third-order valence-corrected chi connectivity index (χ3v) is 8.49. The molecule has 4 rings (SSSR count). The number of hydrogen-bond donors (Lipinski definition) is 1. The topological polar surface area (TPSA) is 83.8 Å². The number of benzene rings is 3.